The van der Waals surface area contributed by atoms with Crippen molar-refractivity contribution in [2.75, 3.05) is 0 Å². The summed E-state index contributed by atoms with van der Waals surface area (Å²) in [6.07, 6.45) is 1.09. The number of nitrogens with zero attached hydrogens (tertiary/aromatic N) is 1. The molecule has 1 aromatic heterocycles. The Kier molecular flexibility index (Phi) is 6.93. The molecule has 0 atom stereocenters. The molecule has 1 aromatic carbocycles. The predicted molar refractivity (Wildman–Crippen MR) is 77.7 cm³/mol. The van der Waals surface area contributed by atoms with Crippen LogP contribution in [0.15, 0.2) is 42.5 Å². The molecule has 0 aliphatic heterocycles. The normalized spacial score (nSPS) is 11.6. The van der Waals surface area contributed by atoms with E-state index in [-0.39, 0.29) is 0 Å². The van der Waals surface area contributed by atoms with E-state index in [1.807, 2.05) is 0 Å². The molecular weight excluding hydrogens is 306 g/mol. The van der Waals surface area contributed by atoms with E-state index < -0.39 is 10.2 Å². The van der Waals surface area contributed by atoms with Gasteiger partial charge in [0.05, 0.1) is 0 Å². The Hall–Kier alpha value is -1.50. The van der Waals surface area contributed by atoms with E-state index in [0.717, 1.165) is 13.0 Å². The molecule has 0 aliphatic carbocycles. The fraction of sp³-hybridized carbons (Fsp3) is 0.312. The standard InChI is InChI=1S/C16H20N.ClH3O4/c1-13-11-14(2)17(15(3)12-13)10-9-16-7-5-4-6-8-16;2-1(3,4)5/h4-8,11-12H,9-10H2,1-3H3;2-4H/q+1;. The van der Waals surface area contributed by atoms with Crippen molar-refractivity contribution in [2.24, 2.45) is 0 Å². The molecule has 0 saturated heterocycles. The molecule has 0 spiro atoms. The summed E-state index contributed by atoms with van der Waals surface area (Å²) in [7, 11) is -4.19. The first kappa shape index (κ1) is 18.5. The number of aryl methyl sites for hydroxylation is 4. The van der Waals surface area contributed by atoms with Crippen LogP contribution in [-0.4, -0.2) is 14.0 Å². The molecule has 0 unspecified atom stereocenters. The Morgan fingerprint density at radius 1 is 0.955 bits per heavy atom. The molecule has 0 radical (unpaired) electrons. The molecule has 0 bridgehead atoms. The van der Waals surface area contributed by atoms with Crippen molar-refractivity contribution in [3.8, 4) is 0 Å². The average Bonchev–Trinajstić information content (AvgIpc) is 2.36. The summed E-state index contributed by atoms with van der Waals surface area (Å²) < 4.78 is 32.6. The number of hydrogen-bond acceptors (Lipinski definition) is 4. The van der Waals surface area contributed by atoms with Crippen LogP contribution in [0, 0.1) is 31.0 Å². The van der Waals surface area contributed by atoms with Crippen molar-refractivity contribution in [1.29, 1.82) is 0 Å². The average molecular weight is 329 g/mol. The van der Waals surface area contributed by atoms with Gasteiger partial charge in [-0.3, -0.25) is 0 Å². The molecule has 5 nitrogen and oxygen atoms in total. The molecule has 0 aliphatic rings. The molecule has 0 saturated carbocycles. The van der Waals surface area contributed by atoms with Crippen molar-refractivity contribution >= 4 is 0 Å². The Balaban J connectivity index is 0.000000422. The van der Waals surface area contributed by atoms with Crippen molar-refractivity contribution in [1.82, 2.24) is 0 Å². The fourth-order valence-corrected chi connectivity index (χ4v) is 2.37. The van der Waals surface area contributed by atoms with Crippen LogP contribution < -0.4 is 9.23 Å². The third kappa shape index (κ3) is 7.49. The number of halogens is 1. The van der Waals surface area contributed by atoms with Crippen LogP contribution in [0.4, 0.5) is 0 Å². The van der Waals surface area contributed by atoms with E-state index in [9.17, 15) is 0 Å². The molecule has 1 heterocycles. The summed E-state index contributed by atoms with van der Waals surface area (Å²) in [5, 5.41) is 0. The van der Waals surface area contributed by atoms with Crippen LogP contribution in [0.25, 0.3) is 0 Å². The van der Waals surface area contributed by atoms with Gasteiger partial charge in [0.25, 0.3) is 0 Å². The minimum atomic E-state index is -4.19. The second kappa shape index (κ2) is 8.22. The van der Waals surface area contributed by atoms with E-state index >= 15 is 0 Å². The second-order valence-corrected chi connectivity index (χ2v) is 6.00. The van der Waals surface area contributed by atoms with Crippen LogP contribution in [0.2, 0.25) is 0 Å². The summed E-state index contributed by atoms with van der Waals surface area (Å²) in [5.41, 5.74) is 5.44. The van der Waals surface area contributed by atoms with Crippen molar-refractivity contribution in [3.05, 3.63) is 65.0 Å². The van der Waals surface area contributed by atoms with Gasteiger partial charge >= 0.3 is 28.9 Å². The summed E-state index contributed by atoms with van der Waals surface area (Å²) in [4.78, 5) is 0. The maximum atomic E-state index is 8.83. The zero-order valence-electron chi connectivity index (χ0n) is 13.0. The van der Waals surface area contributed by atoms with E-state index in [2.05, 4.69) is 67.8 Å². The summed E-state index contributed by atoms with van der Waals surface area (Å²) in [5.74, 6) is 0. The van der Waals surface area contributed by atoms with Gasteiger partial charge in [0, 0.05) is 32.4 Å². The fourth-order valence-electron chi connectivity index (χ4n) is 2.37. The monoisotopic (exact) mass is 328 g/mol. The molecule has 122 valence electrons. The topological polar surface area (TPSA) is 87.6 Å². The zero-order chi connectivity index (χ0) is 16.8. The van der Waals surface area contributed by atoms with Crippen molar-refractivity contribution in [3.63, 3.8) is 0 Å². The van der Waals surface area contributed by atoms with Crippen LogP contribution in [0.1, 0.15) is 22.5 Å². The van der Waals surface area contributed by atoms with Gasteiger partial charge in [-0.25, -0.2) is 0 Å². The van der Waals surface area contributed by atoms with E-state index in [1.165, 1.54) is 22.5 Å². The third-order valence-corrected chi connectivity index (χ3v) is 3.19. The van der Waals surface area contributed by atoms with Gasteiger partial charge in [-0.1, -0.05) is 30.3 Å². The molecule has 6 heteroatoms. The van der Waals surface area contributed by atoms with Crippen LogP contribution in [0.3, 0.4) is 0 Å². The van der Waals surface area contributed by atoms with Gasteiger partial charge in [-0.05, 0) is 18.1 Å². The molecule has 2 rings (SSSR count). The van der Waals surface area contributed by atoms with Gasteiger partial charge in [-0.15, -0.1) is 0 Å². The first-order chi connectivity index (χ1) is 10.2. The first-order valence-corrected chi connectivity index (χ1v) is 8.17. The van der Waals surface area contributed by atoms with Crippen LogP contribution in [-0.2, 0) is 13.0 Å². The zero-order valence-corrected chi connectivity index (χ0v) is 13.8. The number of benzene rings is 1. The Labute approximate surface area is 132 Å². The maximum absolute atomic E-state index is 8.83. The van der Waals surface area contributed by atoms with E-state index in [4.69, 9.17) is 18.6 Å². The molecule has 22 heavy (non-hydrogen) atoms. The van der Waals surface area contributed by atoms with E-state index in [0.29, 0.717) is 0 Å². The predicted octanol–water partition coefficient (Wildman–Crippen LogP) is 0.282. The Morgan fingerprint density at radius 2 is 1.41 bits per heavy atom. The first-order valence-electron chi connectivity index (χ1n) is 6.84. The SMILES string of the molecule is Cc1cc(C)[n+](CCc2ccccc2)c(C)c1.[O-][Cl+](O)(O)O. The summed E-state index contributed by atoms with van der Waals surface area (Å²) >= 11 is 0. The van der Waals surface area contributed by atoms with Gasteiger partial charge in [-0.2, -0.15) is 4.57 Å². The van der Waals surface area contributed by atoms with Crippen molar-refractivity contribution in [2.45, 2.75) is 33.7 Å². The molecule has 2 aromatic rings. The Morgan fingerprint density at radius 3 is 1.86 bits per heavy atom. The number of aromatic nitrogens is 1. The molecule has 3 N–H and O–H groups in total. The summed E-state index contributed by atoms with van der Waals surface area (Å²) in [6, 6.07) is 15.2. The molecule has 0 fully saturated rings. The molecular formula is C16H23ClNO4+. The van der Waals surface area contributed by atoms with Crippen molar-refractivity contribution < 1.29 is 33.4 Å². The van der Waals surface area contributed by atoms with Gasteiger partial charge in [0.15, 0.2) is 17.9 Å². The quantitative estimate of drug-likeness (QED) is 0.706. The van der Waals surface area contributed by atoms with Gasteiger partial charge in [0.2, 0.25) is 0 Å². The number of rotatable bonds is 3. The summed E-state index contributed by atoms with van der Waals surface area (Å²) in [6.45, 7) is 7.58. The molecule has 0 amide bonds. The number of hydrogen-bond donors (Lipinski definition) is 3. The van der Waals surface area contributed by atoms with Crippen LogP contribution >= 0.6 is 0 Å². The third-order valence-electron chi connectivity index (χ3n) is 3.19. The van der Waals surface area contributed by atoms with Gasteiger partial charge < -0.3 is 0 Å². The van der Waals surface area contributed by atoms with E-state index in [1.54, 1.807) is 0 Å². The second-order valence-electron chi connectivity index (χ2n) is 5.14. The van der Waals surface area contributed by atoms with Gasteiger partial charge in [0.1, 0.15) is 0 Å². The Bertz CT molecular complexity index is 568. The minimum absolute atomic E-state index is 1.06. The van der Waals surface area contributed by atoms with Crippen LogP contribution in [0.5, 0.6) is 0 Å². The number of pyridine rings is 1.